The molecule has 0 aliphatic heterocycles. The van der Waals surface area contributed by atoms with E-state index in [2.05, 4.69) is 18.8 Å². The van der Waals surface area contributed by atoms with E-state index in [1.54, 1.807) is 12.1 Å². The number of ether oxygens (including phenoxy) is 1. The first kappa shape index (κ1) is 13.7. The van der Waals surface area contributed by atoms with Gasteiger partial charge in [-0.05, 0) is 31.0 Å². The summed E-state index contributed by atoms with van der Waals surface area (Å²) in [5.74, 6) is 0.300. The van der Waals surface area contributed by atoms with Crippen molar-refractivity contribution in [2.75, 3.05) is 19.8 Å². The summed E-state index contributed by atoms with van der Waals surface area (Å²) in [6.07, 6.45) is 2.75. The Labute approximate surface area is 103 Å². The Morgan fingerprint density at radius 3 is 2.71 bits per heavy atom. The fourth-order valence-corrected chi connectivity index (χ4v) is 1.50. The van der Waals surface area contributed by atoms with Crippen LogP contribution in [-0.4, -0.2) is 24.9 Å². The van der Waals surface area contributed by atoms with Crippen LogP contribution in [0, 0.1) is 0 Å². The van der Waals surface area contributed by atoms with Crippen molar-refractivity contribution in [3.8, 4) is 5.75 Å². The Bertz CT molecular complexity index is 321. The first-order valence-electron chi connectivity index (χ1n) is 5.95. The Morgan fingerprint density at radius 1 is 1.35 bits per heavy atom. The third-order valence-electron chi connectivity index (χ3n) is 2.56. The van der Waals surface area contributed by atoms with Gasteiger partial charge in [-0.2, -0.15) is 0 Å². The molecular weight excluding hydrogens is 214 g/mol. The average Bonchev–Trinajstić information content (AvgIpc) is 2.34. The number of phenols is 1. The van der Waals surface area contributed by atoms with Crippen molar-refractivity contribution < 1.29 is 9.84 Å². The smallest absolute Gasteiger partial charge is 0.115 e. The van der Waals surface area contributed by atoms with Gasteiger partial charge in [0, 0.05) is 12.6 Å². The van der Waals surface area contributed by atoms with Crippen LogP contribution in [0.3, 0.4) is 0 Å². The van der Waals surface area contributed by atoms with Gasteiger partial charge in [0.1, 0.15) is 5.75 Å². The van der Waals surface area contributed by atoms with Crippen LogP contribution in [0.15, 0.2) is 36.9 Å². The largest absolute Gasteiger partial charge is 0.508 e. The second kappa shape index (κ2) is 7.87. The molecule has 1 rings (SSSR count). The molecule has 0 bridgehead atoms. The van der Waals surface area contributed by atoms with E-state index in [4.69, 9.17) is 4.74 Å². The molecule has 0 amide bonds. The van der Waals surface area contributed by atoms with Gasteiger partial charge in [0.2, 0.25) is 0 Å². The quantitative estimate of drug-likeness (QED) is 0.537. The van der Waals surface area contributed by atoms with Gasteiger partial charge in [-0.3, -0.25) is 0 Å². The predicted molar refractivity (Wildman–Crippen MR) is 70.2 cm³/mol. The molecule has 3 heteroatoms. The van der Waals surface area contributed by atoms with Crippen molar-refractivity contribution >= 4 is 0 Å². The van der Waals surface area contributed by atoms with Gasteiger partial charge >= 0.3 is 0 Å². The fourth-order valence-electron chi connectivity index (χ4n) is 1.50. The van der Waals surface area contributed by atoms with Crippen LogP contribution in [0.4, 0.5) is 0 Å². The van der Waals surface area contributed by atoms with Gasteiger partial charge in [-0.15, -0.1) is 6.58 Å². The van der Waals surface area contributed by atoms with Crippen molar-refractivity contribution in [2.45, 2.75) is 19.4 Å². The number of aromatic hydroxyl groups is 1. The first-order chi connectivity index (χ1) is 8.24. The van der Waals surface area contributed by atoms with Crippen molar-refractivity contribution in [3.63, 3.8) is 0 Å². The van der Waals surface area contributed by atoms with Gasteiger partial charge in [-0.1, -0.05) is 18.2 Å². The summed E-state index contributed by atoms with van der Waals surface area (Å²) in [5, 5.41) is 12.5. The average molecular weight is 235 g/mol. The molecule has 17 heavy (non-hydrogen) atoms. The molecule has 0 aliphatic carbocycles. The minimum absolute atomic E-state index is 0.263. The molecule has 0 spiro atoms. The molecule has 2 N–H and O–H groups in total. The van der Waals surface area contributed by atoms with Crippen molar-refractivity contribution in [1.29, 1.82) is 0 Å². The normalized spacial score (nSPS) is 12.3. The van der Waals surface area contributed by atoms with Crippen LogP contribution in [0.25, 0.3) is 0 Å². The number of phenolic OH excluding ortho intramolecular Hbond substituents is 1. The van der Waals surface area contributed by atoms with Crippen LogP contribution in [0.1, 0.15) is 24.9 Å². The second-order valence-electron chi connectivity index (χ2n) is 3.96. The Kier molecular flexibility index (Phi) is 6.37. The lowest BCUT2D eigenvalue weighted by Gasteiger charge is -2.14. The van der Waals surface area contributed by atoms with Gasteiger partial charge in [0.15, 0.2) is 0 Å². The van der Waals surface area contributed by atoms with Crippen LogP contribution < -0.4 is 5.32 Å². The third-order valence-corrected chi connectivity index (χ3v) is 2.56. The highest BCUT2D eigenvalue weighted by Crippen LogP contribution is 2.15. The van der Waals surface area contributed by atoms with Gasteiger partial charge in [0.05, 0.1) is 13.2 Å². The number of benzene rings is 1. The molecular formula is C14H21NO2. The number of nitrogens with one attached hydrogen (secondary N) is 1. The Balaban J connectivity index is 2.18. The summed E-state index contributed by atoms with van der Waals surface area (Å²) in [6.45, 7) is 7.99. The van der Waals surface area contributed by atoms with Crippen LogP contribution in [-0.2, 0) is 4.74 Å². The molecule has 0 radical (unpaired) electrons. The van der Waals surface area contributed by atoms with E-state index in [-0.39, 0.29) is 6.04 Å². The van der Waals surface area contributed by atoms with E-state index in [1.807, 2.05) is 18.2 Å². The van der Waals surface area contributed by atoms with Crippen molar-refractivity contribution in [1.82, 2.24) is 5.32 Å². The molecule has 1 aromatic carbocycles. The minimum Gasteiger partial charge on any atom is -0.508 e. The maximum Gasteiger partial charge on any atom is 0.115 e. The summed E-state index contributed by atoms with van der Waals surface area (Å²) in [6, 6.07) is 7.51. The number of hydrogen-bond donors (Lipinski definition) is 2. The lowest BCUT2D eigenvalue weighted by molar-refractivity contribution is 0.138. The monoisotopic (exact) mass is 235 g/mol. The van der Waals surface area contributed by atoms with Crippen LogP contribution in [0.5, 0.6) is 5.75 Å². The zero-order chi connectivity index (χ0) is 12.5. The van der Waals surface area contributed by atoms with E-state index < -0.39 is 0 Å². The van der Waals surface area contributed by atoms with Crippen molar-refractivity contribution in [2.24, 2.45) is 0 Å². The molecule has 1 aromatic rings. The zero-order valence-electron chi connectivity index (χ0n) is 10.4. The number of rotatable bonds is 8. The van der Waals surface area contributed by atoms with Gasteiger partial charge in [0.25, 0.3) is 0 Å². The van der Waals surface area contributed by atoms with E-state index in [0.717, 1.165) is 25.1 Å². The van der Waals surface area contributed by atoms with Crippen LogP contribution in [0.2, 0.25) is 0 Å². The molecule has 94 valence electrons. The molecule has 0 heterocycles. The lowest BCUT2D eigenvalue weighted by atomic mass is 10.1. The molecule has 0 aromatic heterocycles. The van der Waals surface area contributed by atoms with Gasteiger partial charge in [-0.25, -0.2) is 0 Å². The van der Waals surface area contributed by atoms with Crippen LogP contribution >= 0.6 is 0 Å². The molecule has 1 unspecified atom stereocenters. The maximum absolute atomic E-state index is 9.19. The van der Waals surface area contributed by atoms with E-state index in [1.165, 1.54) is 0 Å². The zero-order valence-corrected chi connectivity index (χ0v) is 10.4. The predicted octanol–water partition coefficient (Wildman–Crippen LogP) is 2.64. The SMILES string of the molecule is C=CCCOCCNC(C)c1ccc(O)cc1. The highest BCUT2D eigenvalue weighted by molar-refractivity contribution is 5.27. The third kappa shape index (κ3) is 5.52. The summed E-state index contributed by atoms with van der Waals surface area (Å²) < 4.78 is 5.41. The molecule has 0 aliphatic rings. The maximum atomic E-state index is 9.19. The standard InChI is InChI=1S/C14H21NO2/c1-3-4-10-17-11-9-15-12(2)13-5-7-14(16)8-6-13/h3,5-8,12,15-16H,1,4,9-11H2,2H3. The molecule has 0 saturated heterocycles. The summed E-state index contributed by atoms with van der Waals surface area (Å²) in [7, 11) is 0. The van der Waals surface area contributed by atoms with E-state index in [9.17, 15) is 5.11 Å². The molecule has 0 fully saturated rings. The second-order valence-corrected chi connectivity index (χ2v) is 3.96. The minimum atomic E-state index is 0.263. The topological polar surface area (TPSA) is 41.5 Å². The first-order valence-corrected chi connectivity index (χ1v) is 5.95. The van der Waals surface area contributed by atoms with Crippen molar-refractivity contribution in [3.05, 3.63) is 42.5 Å². The highest BCUT2D eigenvalue weighted by atomic mass is 16.5. The Hall–Kier alpha value is -1.32. The Morgan fingerprint density at radius 2 is 2.06 bits per heavy atom. The summed E-state index contributed by atoms with van der Waals surface area (Å²) >= 11 is 0. The molecule has 3 nitrogen and oxygen atoms in total. The van der Waals surface area contributed by atoms with E-state index >= 15 is 0 Å². The summed E-state index contributed by atoms with van der Waals surface area (Å²) in [5.41, 5.74) is 1.16. The summed E-state index contributed by atoms with van der Waals surface area (Å²) in [4.78, 5) is 0. The molecule has 1 atom stereocenters. The van der Waals surface area contributed by atoms with E-state index in [0.29, 0.717) is 12.4 Å². The van der Waals surface area contributed by atoms with Gasteiger partial charge < -0.3 is 15.2 Å². The molecule has 0 saturated carbocycles. The highest BCUT2D eigenvalue weighted by Gasteiger charge is 2.03. The lowest BCUT2D eigenvalue weighted by Crippen LogP contribution is -2.23. The fraction of sp³-hybridized carbons (Fsp3) is 0.429. The number of hydrogen-bond acceptors (Lipinski definition) is 3.